The summed E-state index contributed by atoms with van der Waals surface area (Å²) >= 11 is 3.45. The number of nitrogens with one attached hydrogen (secondary N) is 1. The fraction of sp³-hybridized carbons (Fsp3) is 0.400. The minimum atomic E-state index is 0.0704. The van der Waals surface area contributed by atoms with Crippen LogP contribution < -0.4 is 5.32 Å². The Kier molecular flexibility index (Phi) is 4.64. The number of nitrogens with zero attached hydrogens (tertiary/aromatic N) is 1. The van der Waals surface area contributed by atoms with Gasteiger partial charge in [0, 0.05) is 28.1 Å². The van der Waals surface area contributed by atoms with Crippen molar-refractivity contribution in [1.82, 2.24) is 9.88 Å². The second-order valence-electron chi connectivity index (χ2n) is 5.18. The number of fused-ring (bicyclic) bond motifs is 1. The highest BCUT2D eigenvalue weighted by Gasteiger charge is 2.06. The van der Waals surface area contributed by atoms with E-state index in [9.17, 15) is 4.79 Å². The summed E-state index contributed by atoms with van der Waals surface area (Å²) in [5, 5.41) is 4.10. The molecule has 0 aliphatic heterocycles. The molecule has 102 valence electrons. The van der Waals surface area contributed by atoms with Crippen molar-refractivity contribution in [1.29, 1.82) is 0 Å². The lowest BCUT2D eigenvalue weighted by Crippen LogP contribution is -2.28. The molecule has 0 spiro atoms. The summed E-state index contributed by atoms with van der Waals surface area (Å²) < 4.78 is 3.03. The van der Waals surface area contributed by atoms with E-state index in [-0.39, 0.29) is 5.91 Å². The molecule has 0 radical (unpaired) electrons. The smallest absolute Gasteiger partial charge is 0.239 e. The third-order valence-corrected chi connectivity index (χ3v) is 3.58. The van der Waals surface area contributed by atoms with E-state index in [1.165, 1.54) is 0 Å². The quantitative estimate of drug-likeness (QED) is 0.897. The summed E-state index contributed by atoms with van der Waals surface area (Å²) in [5.74, 6) is 0.686. The van der Waals surface area contributed by atoms with Crippen molar-refractivity contribution in [2.24, 2.45) is 5.92 Å². The summed E-state index contributed by atoms with van der Waals surface area (Å²) in [5.41, 5.74) is 1.09. The van der Waals surface area contributed by atoms with Crippen LogP contribution in [0.3, 0.4) is 0 Å². The van der Waals surface area contributed by atoms with Gasteiger partial charge in [0.2, 0.25) is 5.91 Å². The van der Waals surface area contributed by atoms with E-state index in [0.717, 1.165) is 28.3 Å². The van der Waals surface area contributed by atoms with Crippen LogP contribution in [0.5, 0.6) is 0 Å². The van der Waals surface area contributed by atoms with E-state index in [1.54, 1.807) is 0 Å². The Morgan fingerprint density at radius 3 is 2.89 bits per heavy atom. The van der Waals surface area contributed by atoms with Crippen molar-refractivity contribution >= 4 is 32.7 Å². The summed E-state index contributed by atoms with van der Waals surface area (Å²) in [6.07, 6.45) is 2.98. The maximum Gasteiger partial charge on any atom is 0.239 e. The van der Waals surface area contributed by atoms with Crippen LogP contribution in [0.4, 0.5) is 0 Å². The highest BCUT2D eigenvalue weighted by molar-refractivity contribution is 9.10. The third-order valence-electron chi connectivity index (χ3n) is 3.09. The molecule has 2 rings (SSSR count). The van der Waals surface area contributed by atoms with Crippen LogP contribution >= 0.6 is 15.9 Å². The predicted octanol–water partition coefficient (Wildman–Crippen LogP) is 3.57. The Balaban J connectivity index is 1.99. The average Bonchev–Trinajstić information content (AvgIpc) is 2.71. The van der Waals surface area contributed by atoms with Crippen LogP contribution in [0, 0.1) is 5.92 Å². The summed E-state index contributed by atoms with van der Waals surface area (Å²) in [6.45, 7) is 5.44. The molecule has 1 heterocycles. The Morgan fingerprint density at radius 1 is 1.37 bits per heavy atom. The fourth-order valence-electron chi connectivity index (χ4n) is 2.02. The van der Waals surface area contributed by atoms with Crippen LogP contribution in [-0.2, 0) is 11.3 Å². The van der Waals surface area contributed by atoms with Gasteiger partial charge in [-0.2, -0.15) is 0 Å². The molecule has 0 aliphatic carbocycles. The number of amides is 1. The number of aromatic nitrogens is 1. The zero-order valence-corrected chi connectivity index (χ0v) is 12.9. The van der Waals surface area contributed by atoms with Gasteiger partial charge in [-0.05, 0) is 36.6 Å². The Morgan fingerprint density at radius 2 is 2.16 bits per heavy atom. The Labute approximate surface area is 122 Å². The number of carbonyl (C=O) groups excluding carboxylic acids is 1. The third kappa shape index (κ3) is 3.83. The van der Waals surface area contributed by atoms with E-state index < -0.39 is 0 Å². The van der Waals surface area contributed by atoms with Crippen LogP contribution in [0.1, 0.15) is 20.3 Å². The summed E-state index contributed by atoms with van der Waals surface area (Å²) in [6, 6.07) is 8.11. The molecular formula is C15H19BrN2O. The number of benzene rings is 1. The molecule has 0 bridgehead atoms. The number of carbonyl (C=O) groups is 1. The van der Waals surface area contributed by atoms with Gasteiger partial charge in [-0.1, -0.05) is 29.8 Å². The fourth-order valence-corrected chi connectivity index (χ4v) is 2.40. The van der Waals surface area contributed by atoms with Crippen LogP contribution in [0.25, 0.3) is 10.9 Å². The molecular weight excluding hydrogens is 304 g/mol. The van der Waals surface area contributed by atoms with E-state index in [2.05, 4.69) is 41.2 Å². The monoisotopic (exact) mass is 322 g/mol. The standard InChI is InChI=1S/C15H19BrN2O/c1-11(2)5-7-17-15(19)10-18-8-6-12-9-13(16)3-4-14(12)18/h3-4,6,8-9,11H,5,7,10H2,1-2H3,(H,17,19). The van der Waals surface area contributed by atoms with Crippen molar-refractivity contribution in [3.05, 3.63) is 34.9 Å². The average molecular weight is 323 g/mol. The van der Waals surface area contributed by atoms with Gasteiger partial charge in [-0.15, -0.1) is 0 Å². The van der Waals surface area contributed by atoms with Crippen molar-refractivity contribution in [2.75, 3.05) is 6.54 Å². The second kappa shape index (κ2) is 6.24. The highest BCUT2D eigenvalue weighted by atomic mass is 79.9. The number of halogens is 1. The normalized spacial score (nSPS) is 11.2. The molecule has 1 amide bonds. The van der Waals surface area contributed by atoms with Gasteiger partial charge in [0.1, 0.15) is 6.54 Å². The maximum atomic E-state index is 11.9. The minimum absolute atomic E-state index is 0.0704. The number of hydrogen-bond acceptors (Lipinski definition) is 1. The SMILES string of the molecule is CC(C)CCNC(=O)Cn1ccc2cc(Br)ccc21. The topological polar surface area (TPSA) is 34.0 Å². The second-order valence-corrected chi connectivity index (χ2v) is 6.09. The molecule has 1 N–H and O–H groups in total. The van der Waals surface area contributed by atoms with Crippen molar-refractivity contribution < 1.29 is 4.79 Å². The lowest BCUT2D eigenvalue weighted by molar-refractivity contribution is -0.121. The first-order chi connectivity index (χ1) is 9.06. The molecule has 19 heavy (non-hydrogen) atoms. The minimum Gasteiger partial charge on any atom is -0.355 e. The largest absolute Gasteiger partial charge is 0.355 e. The number of rotatable bonds is 5. The number of hydrogen-bond donors (Lipinski definition) is 1. The first kappa shape index (κ1) is 14.1. The molecule has 0 unspecified atom stereocenters. The van der Waals surface area contributed by atoms with Crippen LogP contribution in [-0.4, -0.2) is 17.0 Å². The lowest BCUT2D eigenvalue weighted by atomic mass is 10.1. The first-order valence-corrected chi connectivity index (χ1v) is 7.36. The summed E-state index contributed by atoms with van der Waals surface area (Å²) in [7, 11) is 0. The van der Waals surface area contributed by atoms with E-state index in [0.29, 0.717) is 12.5 Å². The molecule has 1 aromatic carbocycles. The Hall–Kier alpha value is -1.29. The van der Waals surface area contributed by atoms with Gasteiger partial charge >= 0.3 is 0 Å². The van der Waals surface area contributed by atoms with Gasteiger partial charge in [0.15, 0.2) is 0 Å². The predicted molar refractivity (Wildman–Crippen MR) is 82.1 cm³/mol. The molecule has 1 aromatic heterocycles. The maximum absolute atomic E-state index is 11.9. The van der Waals surface area contributed by atoms with Gasteiger partial charge in [0.05, 0.1) is 0 Å². The van der Waals surface area contributed by atoms with E-state index in [4.69, 9.17) is 0 Å². The van der Waals surface area contributed by atoms with Crippen LogP contribution in [0.15, 0.2) is 34.9 Å². The van der Waals surface area contributed by atoms with Crippen LogP contribution in [0.2, 0.25) is 0 Å². The summed E-state index contributed by atoms with van der Waals surface area (Å²) in [4.78, 5) is 11.9. The lowest BCUT2D eigenvalue weighted by Gasteiger charge is -2.08. The zero-order chi connectivity index (χ0) is 13.8. The molecule has 0 fully saturated rings. The first-order valence-electron chi connectivity index (χ1n) is 6.57. The van der Waals surface area contributed by atoms with E-state index in [1.807, 2.05) is 29.0 Å². The van der Waals surface area contributed by atoms with Gasteiger partial charge in [-0.25, -0.2) is 0 Å². The molecule has 3 nitrogen and oxygen atoms in total. The van der Waals surface area contributed by atoms with Crippen molar-refractivity contribution in [3.8, 4) is 0 Å². The van der Waals surface area contributed by atoms with Crippen molar-refractivity contribution in [2.45, 2.75) is 26.8 Å². The molecule has 0 aliphatic rings. The van der Waals surface area contributed by atoms with Gasteiger partial charge < -0.3 is 9.88 Å². The van der Waals surface area contributed by atoms with Crippen molar-refractivity contribution in [3.63, 3.8) is 0 Å². The van der Waals surface area contributed by atoms with Gasteiger partial charge in [0.25, 0.3) is 0 Å². The van der Waals surface area contributed by atoms with Gasteiger partial charge in [-0.3, -0.25) is 4.79 Å². The molecule has 0 atom stereocenters. The molecule has 0 saturated heterocycles. The molecule has 2 aromatic rings. The molecule has 4 heteroatoms. The zero-order valence-electron chi connectivity index (χ0n) is 11.3. The molecule has 0 saturated carbocycles. The Bertz CT molecular complexity index is 575. The van der Waals surface area contributed by atoms with E-state index >= 15 is 0 Å². The highest BCUT2D eigenvalue weighted by Crippen LogP contribution is 2.20.